The predicted octanol–water partition coefficient (Wildman–Crippen LogP) is 0.725. The third-order valence-electron chi connectivity index (χ3n) is 1.41. The van der Waals surface area contributed by atoms with Crippen molar-refractivity contribution in [3.8, 4) is 0 Å². The van der Waals surface area contributed by atoms with Gasteiger partial charge >= 0.3 is 0 Å². The van der Waals surface area contributed by atoms with Crippen LogP contribution in [0, 0.1) is 6.92 Å². The zero-order chi connectivity index (χ0) is 8.27. The molecule has 3 nitrogen and oxygen atoms in total. The average molecular weight is 149 g/mol. The quantitative estimate of drug-likeness (QED) is 0.472. The van der Waals surface area contributed by atoms with Gasteiger partial charge in [0.1, 0.15) is 11.5 Å². The minimum absolute atomic E-state index is 0.477. The van der Waals surface area contributed by atoms with Crippen LogP contribution in [0.25, 0.3) is 0 Å². The van der Waals surface area contributed by atoms with Crippen LogP contribution in [0.5, 0.6) is 0 Å². The summed E-state index contributed by atoms with van der Waals surface area (Å²) in [5.41, 5.74) is 7.39. The lowest BCUT2D eigenvalue weighted by Gasteiger charge is -1.97. The molecule has 3 heteroatoms. The zero-order valence-corrected chi connectivity index (χ0v) is 6.70. The molecule has 1 aromatic rings. The highest BCUT2D eigenvalue weighted by Crippen LogP contribution is 1.97. The number of aromatic nitrogens is 1. The maximum Gasteiger partial charge on any atom is 0.144 e. The van der Waals surface area contributed by atoms with Crippen molar-refractivity contribution in [2.24, 2.45) is 10.7 Å². The number of amidine groups is 1. The minimum atomic E-state index is 0.477. The fourth-order valence-corrected chi connectivity index (χ4v) is 0.734. The molecule has 0 fully saturated rings. The van der Waals surface area contributed by atoms with Crippen LogP contribution in [-0.2, 0) is 0 Å². The van der Waals surface area contributed by atoms with Crippen LogP contribution < -0.4 is 5.73 Å². The molecule has 0 aliphatic rings. The van der Waals surface area contributed by atoms with E-state index in [9.17, 15) is 0 Å². The molecule has 0 saturated heterocycles. The molecular weight excluding hydrogens is 138 g/mol. The van der Waals surface area contributed by atoms with E-state index in [1.165, 1.54) is 0 Å². The first-order valence-corrected chi connectivity index (χ1v) is 3.39. The molecular formula is C8H11N3. The van der Waals surface area contributed by atoms with Gasteiger partial charge in [0.2, 0.25) is 0 Å². The highest BCUT2D eigenvalue weighted by Gasteiger charge is 1.95. The smallest absolute Gasteiger partial charge is 0.144 e. The van der Waals surface area contributed by atoms with Crippen LogP contribution in [0.1, 0.15) is 11.3 Å². The predicted molar refractivity (Wildman–Crippen MR) is 45.6 cm³/mol. The summed E-state index contributed by atoms with van der Waals surface area (Å²) in [6.45, 7) is 1.98. The van der Waals surface area contributed by atoms with E-state index in [0.717, 1.165) is 11.3 Å². The van der Waals surface area contributed by atoms with Crippen molar-refractivity contribution in [1.29, 1.82) is 0 Å². The summed E-state index contributed by atoms with van der Waals surface area (Å²) in [5.74, 6) is 0.477. The van der Waals surface area contributed by atoms with Gasteiger partial charge in [0, 0.05) is 13.2 Å². The van der Waals surface area contributed by atoms with Gasteiger partial charge in [-0.3, -0.25) is 9.98 Å². The molecule has 0 aliphatic carbocycles. The van der Waals surface area contributed by atoms with Crippen molar-refractivity contribution < 1.29 is 0 Å². The number of aryl methyl sites for hydroxylation is 1. The lowest BCUT2D eigenvalue weighted by Crippen LogP contribution is -2.14. The van der Waals surface area contributed by atoms with Gasteiger partial charge in [0.05, 0.1) is 0 Å². The Kier molecular flexibility index (Phi) is 2.21. The van der Waals surface area contributed by atoms with Gasteiger partial charge < -0.3 is 5.73 Å². The number of nitrogens with two attached hydrogens (primary N) is 1. The summed E-state index contributed by atoms with van der Waals surface area (Å²) in [7, 11) is 1.65. The van der Waals surface area contributed by atoms with Gasteiger partial charge in [-0.1, -0.05) is 6.07 Å². The van der Waals surface area contributed by atoms with E-state index in [1.807, 2.05) is 19.1 Å². The van der Waals surface area contributed by atoms with Crippen molar-refractivity contribution in [3.63, 3.8) is 0 Å². The first-order chi connectivity index (χ1) is 5.24. The van der Waals surface area contributed by atoms with E-state index < -0.39 is 0 Å². The summed E-state index contributed by atoms with van der Waals surface area (Å²) in [5, 5.41) is 0. The van der Waals surface area contributed by atoms with Crippen molar-refractivity contribution in [2.75, 3.05) is 7.05 Å². The molecule has 0 spiro atoms. The molecule has 0 aromatic carbocycles. The largest absolute Gasteiger partial charge is 0.382 e. The van der Waals surface area contributed by atoms with Crippen LogP contribution in [0.15, 0.2) is 23.3 Å². The van der Waals surface area contributed by atoms with E-state index in [4.69, 9.17) is 5.73 Å². The molecule has 1 heterocycles. The van der Waals surface area contributed by atoms with Crippen LogP contribution in [0.4, 0.5) is 0 Å². The summed E-state index contributed by atoms with van der Waals surface area (Å²) in [6, 6.07) is 3.82. The maximum atomic E-state index is 5.53. The van der Waals surface area contributed by atoms with Gasteiger partial charge in [-0.25, -0.2) is 0 Å². The number of hydrogen-bond acceptors (Lipinski definition) is 2. The lowest BCUT2D eigenvalue weighted by atomic mass is 10.2. The standard InChI is InChI=1S/C8H11N3/c1-6-3-4-7(11-5-6)8(9)10-2/h3-5H,1-2H3,(H2,9,10). The Labute approximate surface area is 66.0 Å². The molecule has 1 aromatic heterocycles. The normalized spacial score (nSPS) is 11.6. The van der Waals surface area contributed by atoms with Crippen molar-refractivity contribution in [2.45, 2.75) is 6.92 Å². The Hall–Kier alpha value is -1.38. The summed E-state index contributed by atoms with van der Waals surface area (Å²) < 4.78 is 0. The molecule has 1 rings (SSSR count). The molecule has 11 heavy (non-hydrogen) atoms. The van der Waals surface area contributed by atoms with Gasteiger partial charge in [0.25, 0.3) is 0 Å². The fraction of sp³-hybridized carbons (Fsp3) is 0.250. The Balaban J connectivity index is 2.99. The van der Waals surface area contributed by atoms with Crippen molar-refractivity contribution in [3.05, 3.63) is 29.6 Å². The lowest BCUT2D eigenvalue weighted by molar-refractivity contribution is 1.22. The average Bonchev–Trinajstić information content (AvgIpc) is 2.05. The van der Waals surface area contributed by atoms with E-state index >= 15 is 0 Å². The zero-order valence-electron chi connectivity index (χ0n) is 6.70. The second kappa shape index (κ2) is 3.14. The number of aliphatic imine (C=N–C) groups is 1. The SMILES string of the molecule is C/N=C(\N)c1ccc(C)cn1. The fourth-order valence-electron chi connectivity index (χ4n) is 0.734. The van der Waals surface area contributed by atoms with E-state index in [0.29, 0.717) is 5.84 Å². The topological polar surface area (TPSA) is 51.3 Å². The highest BCUT2D eigenvalue weighted by atomic mass is 14.9. The number of rotatable bonds is 1. The first kappa shape index (κ1) is 7.72. The molecule has 0 atom stereocenters. The number of pyridine rings is 1. The summed E-state index contributed by atoms with van der Waals surface area (Å²) in [6.07, 6.45) is 1.77. The molecule has 0 aliphatic heterocycles. The molecule has 0 bridgehead atoms. The third-order valence-corrected chi connectivity index (χ3v) is 1.41. The Morgan fingerprint density at radius 3 is 2.73 bits per heavy atom. The molecule has 0 radical (unpaired) electrons. The molecule has 0 unspecified atom stereocenters. The van der Waals surface area contributed by atoms with Crippen molar-refractivity contribution >= 4 is 5.84 Å². The van der Waals surface area contributed by atoms with Crippen LogP contribution in [-0.4, -0.2) is 17.9 Å². The maximum absolute atomic E-state index is 5.53. The first-order valence-electron chi connectivity index (χ1n) is 3.39. The second-order valence-corrected chi connectivity index (χ2v) is 2.33. The second-order valence-electron chi connectivity index (χ2n) is 2.33. The van der Waals surface area contributed by atoms with Gasteiger partial charge in [-0.2, -0.15) is 0 Å². The monoisotopic (exact) mass is 149 g/mol. The Bertz CT molecular complexity index is 261. The van der Waals surface area contributed by atoms with E-state index in [1.54, 1.807) is 13.2 Å². The van der Waals surface area contributed by atoms with E-state index in [2.05, 4.69) is 9.98 Å². The molecule has 2 N–H and O–H groups in total. The van der Waals surface area contributed by atoms with Gasteiger partial charge in [-0.05, 0) is 18.6 Å². The third kappa shape index (κ3) is 1.77. The van der Waals surface area contributed by atoms with Crippen molar-refractivity contribution in [1.82, 2.24) is 4.98 Å². The Morgan fingerprint density at radius 2 is 2.27 bits per heavy atom. The molecule has 0 amide bonds. The molecule has 58 valence electrons. The van der Waals surface area contributed by atoms with Crippen LogP contribution in [0.2, 0.25) is 0 Å². The summed E-state index contributed by atoms with van der Waals surface area (Å²) in [4.78, 5) is 7.91. The van der Waals surface area contributed by atoms with Crippen LogP contribution in [0.3, 0.4) is 0 Å². The van der Waals surface area contributed by atoms with Gasteiger partial charge in [-0.15, -0.1) is 0 Å². The van der Waals surface area contributed by atoms with Gasteiger partial charge in [0.15, 0.2) is 0 Å². The summed E-state index contributed by atoms with van der Waals surface area (Å²) >= 11 is 0. The number of nitrogens with zero attached hydrogens (tertiary/aromatic N) is 2. The highest BCUT2D eigenvalue weighted by molar-refractivity contribution is 5.95. The van der Waals surface area contributed by atoms with Crippen LogP contribution >= 0.6 is 0 Å². The Morgan fingerprint density at radius 1 is 1.55 bits per heavy atom. The number of hydrogen-bond donors (Lipinski definition) is 1. The molecule has 0 saturated carbocycles. The minimum Gasteiger partial charge on any atom is -0.382 e. The van der Waals surface area contributed by atoms with E-state index in [-0.39, 0.29) is 0 Å².